The topological polar surface area (TPSA) is 74.5 Å². The number of aromatic nitrogens is 1. The minimum atomic E-state index is -0.0265. The summed E-state index contributed by atoms with van der Waals surface area (Å²) >= 11 is 6.53. The highest BCUT2D eigenvalue weighted by Gasteiger charge is 2.20. The van der Waals surface area contributed by atoms with E-state index in [0.29, 0.717) is 23.6 Å². The van der Waals surface area contributed by atoms with Gasteiger partial charge in [0.05, 0.1) is 0 Å². The second kappa shape index (κ2) is 9.28. The van der Waals surface area contributed by atoms with E-state index < -0.39 is 0 Å². The van der Waals surface area contributed by atoms with Crippen molar-refractivity contribution in [3.63, 3.8) is 0 Å². The molecule has 0 unspecified atom stereocenters. The molecule has 2 aromatic carbocycles. The summed E-state index contributed by atoms with van der Waals surface area (Å²) in [7, 11) is 0. The van der Waals surface area contributed by atoms with Crippen molar-refractivity contribution in [2.45, 2.75) is 26.3 Å². The number of rotatable bonds is 4. The molecule has 176 valence electrons. The number of fused-ring (bicyclic) bond motifs is 1. The largest absolute Gasteiger partial charge is 0.383 e. The van der Waals surface area contributed by atoms with Gasteiger partial charge in [-0.1, -0.05) is 35.9 Å². The van der Waals surface area contributed by atoms with Crippen LogP contribution < -0.4 is 16.0 Å². The number of carbonyl (C=O) groups is 1. The number of nitrogens with two attached hydrogens (primary N) is 1. The highest BCUT2D eigenvalue weighted by Crippen LogP contribution is 2.36. The molecule has 5 rings (SSSR count). The summed E-state index contributed by atoms with van der Waals surface area (Å²) in [6.07, 6.45) is 0.801. The summed E-state index contributed by atoms with van der Waals surface area (Å²) in [5.41, 5.74) is 12.9. The maximum absolute atomic E-state index is 12.1. The van der Waals surface area contributed by atoms with E-state index in [1.54, 1.807) is 0 Å². The Bertz CT molecular complexity index is 1220. The third-order valence-corrected chi connectivity index (χ3v) is 7.22. The number of amides is 1. The van der Waals surface area contributed by atoms with E-state index in [4.69, 9.17) is 17.3 Å². The average molecular weight is 476 g/mol. The van der Waals surface area contributed by atoms with Gasteiger partial charge in [0.2, 0.25) is 0 Å². The molecule has 0 atom stereocenters. The van der Waals surface area contributed by atoms with Crippen LogP contribution in [0.1, 0.15) is 29.8 Å². The number of nitrogens with one attached hydrogen (secondary N) is 1. The minimum Gasteiger partial charge on any atom is -0.383 e. The van der Waals surface area contributed by atoms with Crippen molar-refractivity contribution >= 4 is 29.0 Å². The summed E-state index contributed by atoms with van der Waals surface area (Å²) < 4.78 is 0. The summed E-state index contributed by atoms with van der Waals surface area (Å²) in [5, 5.41) is 3.27. The second-order valence-corrected chi connectivity index (χ2v) is 9.66. The Morgan fingerprint density at radius 1 is 0.941 bits per heavy atom. The summed E-state index contributed by atoms with van der Waals surface area (Å²) in [4.78, 5) is 21.5. The van der Waals surface area contributed by atoms with Gasteiger partial charge in [-0.05, 0) is 61.2 Å². The number of benzene rings is 2. The third kappa shape index (κ3) is 4.36. The second-order valence-electron chi connectivity index (χ2n) is 9.30. The fraction of sp³-hybridized carbons (Fsp3) is 0.333. The van der Waals surface area contributed by atoms with Crippen LogP contribution in [-0.4, -0.2) is 54.6 Å². The van der Waals surface area contributed by atoms with Gasteiger partial charge in [-0.15, -0.1) is 0 Å². The van der Waals surface area contributed by atoms with Gasteiger partial charge in [0.1, 0.15) is 11.0 Å². The molecule has 2 aliphatic rings. The number of nitrogen functional groups attached to an aromatic ring is 1. The van der Waals surface area contributed by atoms with E-state index in [-0.39, 0.29) is 5.91 Å². The van der Waals surface area contributed by atoms with Crippen molar-refractivity contribution in [1.82, 2.24) is 15.2 Å². The van der Waals surface area contributed by atoms with Crippen LogP contribution in [0.4, 0.5) is 11.5 Å². The number of anilines is 2. The Balaban J connectivity index is 1.42. The van der Waals surface area contributed by atoms with Crippen LogP contribution in [0.5, 0.6) is 0 Å². The number of hydrogen-bond donors (Lipinski definition) is 2. The Morgan fingerprint density at radius 3 is 2.35 bits per heavy atom. The fourth-order valence-electron chi connectivity index (χ4n) is 4.88. The first-order valence-corrected chi connectivity index (χ1v) is 12.3. The first kappa shape index (κ1) is 22.7. The van der Waals surface area contributed by atoms with E-state index in [1.807, 2.05) is 24.3 Å². The van der Waals surface area contributed by atoms with E-state index in [0.717, 1.165) is 66.0 Å². The quantitative estimate of drug-likeness (QED) is 0.545. The molecule has 1 fully saturated rings. The Labute approximate surface area is 205 Å². The van der Waals surface area contributed by atoms with Crippen molar-refractivity contribution in [2.75, 3.05) is 43.4 Å². The number of piperazine rings is 1. The van der Waals surface area contributed by atoms with Crippen LogP contribution >= 0.6 is 11.6 Å². The molecule has 1 aromatic heterocycles. The van der Waals surface area contributed by atoms with Gasteiger partial charge in [0.15, 0.2) is 0 Å². The van der Waals surface area contributed by atoms with Crippen LogP contribution in [0.25, 0.3) is 22.3 Å². The van der Waals surface area contributed by atoms with Gasteiger partial charge in [-0.2, -0.15) is 0 Å². The van der Waals surface area contributed by atoms with Crippen molar-refractivity contribution in [3.8, 4) is 22.3 Å². The Hall–Kier alpha value is -3.09. The van der Waals surface area contributed by atoms with Crippen LogP contribution in [0, 0.1) is 0 Å². The van der Waals surface area contributed by atoms with Gasteiger partial charge in [-0.3, -0.25) is 9.69 Å². The van der Waals surface area contributed by atoms with Gasteiger partial charge >= 0.3 is 0 Å². The molecule has 0 spiro atoms. The molecule has 0 saturated carbocycles. The molecule has 3 aromatic rings. The summed E-state index contributed by atoms with van der Waals surface area (Å²) in [5.74, 6) is 0.356. The number of hydrogen-bond acceptors (Lipinski definition) is 5. The molecule has 6 nitrogen and oxygen atoms in total. The van der Waals surface area contributed by atoms with E-state index in [9.17, 15) is 4.79 Å². The normalized spacial score (nSPS) is 16.5. The molecule has 2 aliphatic heterocycles. The molecule has 1 saturated heterocycles. The van der Waals surface area contributed by atoms with E-state index in [2.05, 4.69) is 58.2 Å². The molecule has 0 aliphatic carbocycles. The molecule has 3 N–H and O–H groups in total. The summed E-state index contributed by atoms with van der Waals surface area (Å²) in [6.45, 7) is 9.38. The lowest BCUT2D eigenvalue weighted by Crippen LogP contribution is -2.48. The first-order valence-electron chi connectivity index (χ1n) is 11.9. The number of nitrogens with zero attached hydrogens (tertiary/aromatic N) is 3. The van der Waals surface area contributed by atoms with Crippen molar-refractivity contribution in [3.05, 3.63) is 64.8 Å². The average Bonchev–Trinajstić information content (AvgIpc) is 2.84. The maximum atomic E-state index is 12.1. The third-order valence-electron chi connectivity index (χ3n) is 6.93. The van der Waals surface area contributed by atoms with Gasteiger partial charge in [0.25, 0.3) is 5.91 Å². The Morgan fingerprint density at radius 2 is 1.65 bits per heavy atom. The maximum Gasteiger partial charge on any atom is 0.251 e. The molecule has 7 heteroatoms. The molecule has 0 radical (unpaired) electrons. The number of halogens is 1. The lowest BCUT2D eigenvalue weighted by molar-refractivity contribution is 0.0946. The predicted molar refractivity (Wildman–Crippen MR) is 139 cm³/mol. The number of pyridine rings is 1. The smallest absolute Gasteiger partial charge is 0.251 e. The van der Waals surface area contributed by atoms with Crippen molar-refractivity contribution in [1.29, 1.82) is 0 Å². The molecule has 34 heavy (non-hydrogen) atoms. The monoisotopic (exact) mass is 475 g/mol. The van der Waals surface area contributed by atoms with Crippen LogP contribution in [0.2, 0.25) is 5.15 Å². The first-order chi connectivity index (χ1) is 16.4. The SMILES string of the molecule is CC(C)N1CCN(c2ccc(-c3cc(-c4ccc5c(c4)CCNC5=O)c(N)nc3Cl)cc2)CC1. The zero-order valence-electron chi connectivity index (χ0n) is 19.6. The van der Waals surface area contributed by atoms with E-state index in [1.165, 1.54) is 5.69 Å². The van der Waals surface area contributed by atoms with Crippen molar-refractivity contribution in [2.24, 2.45) is 0 Å². The fourth-order valence-corrected chi connectivity index (χ4v) is 5.14. The molecule has 1 amide bonds. The summed E-state index contributed by atoms with van der Waals surface area (Å²) in [6, 6.07) is 16.9. The highest BCUT2D eigenvalue weighted by molar-refractivity contribution is 6.32. The standard InChI is InChI=1S/C27H30ClN5O/c1-17(2)32-11-13-33(14-12-32)21-6-3-18(4-7-21)23-16-24(26(29)31-25(23)28)19-5-8-22-20(15-19)9-10-30-27(22)34/h3-8,15-17H,9-14H2,1-2H3,(H2,29,31)(H,30,34). The predicted octanol–water partition coefficient (Wildman–Crippen LogP) is 4.47. The van der Waals surface area contributed by atoms with Gasteiger partial charge < -0.3 is 16.0 Å². The van der Waals surface area contributed by atoms with Crippen LogP contribution in [0.15, 0.2) is 48.5 Å². The molecular formula is C27H30ClN5O. The van der Waals surface area contributed by atoms with Crippen LogP contribution in [0.3, 0.4) is 0 Å². The van der Waals surface area contributed by atoms with Gasteiger partial charge in [0, 0.05) is 61.1 Å². The Kier molecular flexibility index (Phi) is 6.19. The van der Waals surface area contributed by atoms with E-state index >= 15 is 0 Å². The van der Waals surface area contributed by atoms with Gasteiger partial charge in [-0.25, -0.2) is 4.98 Å². The van der Waals surface area contributed by atoms with Crippen LogP contribution in [-0.2, 0) is 6.42 Å². The number of carbonyl (C=O) groups excluding carboxylic acids is 1. The lowest BCUT2D eigenvalue weighted by atomic mass is 9.94. The molecule has 3 heterocycles. The minimum absolute atomic E-state index is 0.0265. The lowest BCUT2D eigenvalue weighted by Gasteiger charge is -2.38. The zero-order chi connectivity index (χ0) is 23.8. The highest BCUT2D eigenvalue weighted by atomic mass is 35.5. The zero-order valence-corrected chi connectivity index (χ0v) is 20.4. The van der Waals surface area contributed by atoms with Crippen molar-refractivity contribution < 1.29 is 4.79 Å². The molecular weight excluding hydrogens is 446 g/mol. The molecule has 0 bridgehead atoms.